The molecule has 3 rings (SSSR count). The predicted octanol–water partition coefficient (Wildman–Crippen LogP) is 5.25. The van der Waals surface area contributed by atoms with Crippen molar-refractivity contribution >= 4 is 17.7 Å². The van der Waals surface area contributed by atoms with E-state index in [1.807, 2.05) is 0 Å². The van der Waals surface area contributed by atoms with Crippen molar-refractivity contribution in [3.05, 3.63) is 84.2 Å². The van der Waals surface area contributed by atoms with E-state index < -0.39 is 12.1 Å². The highest BCUT2D eigenvalue weighted by atomic mass is 19.1. The number of benzene rings is 3. The number of carboxylic acid groups (broad SMARTS) is 1. The van der Waals surface area contributed by atoms with E-state index in [2.05, 4.69) is 5.32 Å². The summed E-state index contributed by atoms with van der Waals surface area (Å²) in [5.41, 5.74) is 1.44. The van der Waals surface area contributed by atoms with Crippen molar-refractivity contribution < 1.29 is 38.0 Å². The van der Waals surface area contributed by atoms with E-state index in [9.17, 15) is 19.1 Å². The van der Waals surface area contributed by atoms with Gasteiger partial charge in [0, 0.05) is 25.3 Å². The topological polar surface area (TPSA) is 107 Å². The van der Waals surface area contributed by atoms with E-state index in [-0.39, 0.29) is 24.9 Å². The molecule has 0 heterocycles. The van der Waals surface area contributed by atoms with Crippen LogP contribution in [-0.2, 0) is 16.0 Å². The van der Waals surface area contributed by atoms with Gasteiger partial charge < -0.3 is 34.3 Å². The highest BCUT2D eigenvalue weighted by molar-refractivity contribution is 5.89. The van der Waals surface area contributed by atoms with Crippen molar-refractivity contribution in [2.24, 2.45) is 0 Å². The van der Waals surface area contributed by atoms with Crippen LogP contribution in [-0.4, -0.2) is 68.1 Å². The minimum atomic E-state index is -1.00. The SMILES string of the molecule is CCOC(Cc1ccc(OCCN(CCCOc2ccc(F)cc2)C(=O)Nc2ccc(OC)cc2)cc1)C(=O)O. The van der Waals surface area contributed by atoms with Crippen molar-refractivity contribution in [3.63, 3.8) is 0 Å². The van der Waals surface area contributed by atoms with Crippen molar-refractivity contribution in [3.8, 4) is 17.2 Å². The van der Waals surface area contributed by atoms with Crippen LogP contribution in [0, 0.1) is 5.82 Å². The number of nitrogens with zero attached hydrogens (tertiary/aromatic N) is 1. The van der Waals surface area contributed by atoms with Crippen LogP contribution in [0.15, 0.2) is 72.8 Å². The Morgan fingerprint density at radius 1 is 0.875 bits per heavy atom. The Balaban J connectivity index is 1.54. The first-order valence-electron chi connectivity index (χ1n) is 13.0. The summed E-state index contributed by atoms with van der Waals surface area (Å²) >= 11 is 0. The monoisotopic (exact) mass is 554 g/mol. The zero-order valence-electron chi connectivity index (χ0n) is 22.7. The fourth-order valence-electron chi connectivity index (χ4n) is 3.80. The minimum Gasteiger partial charge on any atom is -0.497 e. The van der Waals surface area contributed by atoms with Crippen LogP contribution in [0.2, 0.25) is 0 Å². The lowest BCUT2D eigenvalue weighted by atomic mass is 10.1. The zero-order chi connectivity index (χ0) is 28.7. The largest absolute Gasteiger partial charge is 0.497 e. The smallest absolute Gasteiger partial charge is 0.333 e. The number of carbonyl (C=O) groups excluding carboxylic acids is 1. The molecule has 0 aliphatic carbocycles. The van der Waals surface area contributed by atoms with Gasteiger partial charge in [0.05, 0.1) is 20.3 Å². The van der Waals surface area contributed by atoms with E-state index in [1.54, 1.807) is 79.6 Å². The predicted molar refractivity (Wildman–Crippen MR) is 149 cm³/mol. The number of halogens is 1. The molecule has 1 unspecified atom stereocenters. The number of amides is 2. The van der Waals surface area contributed by atoms with Gasteiger partial charge in [-0.2, -0.15) is 0 Å². The number of nitrogens with one attached hydrogen (secondary N) is 1. The molecule has 0 bridgehead atoms. The summed E-state index contributed by atoms with van der Waals surface area (Å²) in [6.07, 6.45) is -0.100. The maximum Gasteiger partial charge on any atom is 0.333 e. The highest BCUT2D eigenvalue weighted by Gasteiger charge is 2.18. The molecule has 0 radical (unpaired) electrons. The van der Waals surface area contributed by atoms with E-state index in [4.69, 9.17) is 18.9 Å². The van der Waals surface area contributed by atoms with Crippen LogP contribution >= 0.6 is 0 Å². The van der Waals surface area contributed by atoms with Crippen LogP contribution in [0.3, 0.4) is 0 Å². The van der Waals surface area contributed by atoms with Gasteiger partial charge in [-0.25, -0.2) is 14.0 Å². The molecule has 10 heteroatoms. The van der Waals surface area contributed by atoms with Gasteiger partial charge in [0.1, 0.15) is 29.7 Å². The van der Waals surface area contributed by atoms with Crippen LogP contribution in [0.25, 0.3) is 0 Å². The molecule has 0 spiro atoms. The molecule has 0 fully saturated rings. The zero-order valence-corrected chi connectivity index (χ0v) is 22.7. The van der Waals surface area contributed by atoms with Gasteiger partial charge >= 0.3 is 12.0 Å². The van der Waals surface area contributed by atoms with Crippen molar-refractivity contribution in [2.75, 3.05) is 45.3 Å². The molecule has 3 aromatic carbocycles. The second-order valence-corrected chi connectivity index (χ2v) is 8.78. The lowest BCUT2D eigenvalue weighted by molar-refractivity contribution is -0.149. The van der Waals surface area contributed by atoms with Crippen LogP contribution in [0.4, 0.5) is 14.9 Å². The molecule has 0 aliphatic heterocycles. The molecule has 40 heavy (non-hydrogen) atoms. The standard InChI is InChI=1S/C30H35FN2O7/c1-3-38-28(29(34)35)21-22-5-11-26(12-6-22)40-20-18-33(17-4-19-39-27-13-7-23(31)8-14-27)30(36)32-24-9-15-25(37-2)16-10-24/h5-16,28H,3-4,17-21H2,1-2H3,(H,32,36)(H,34,35). The summed E-state index contributed by atoms with van der Waals surface area (Å²) in [4.78, 5) is 26.0. The number of hydrogen-bond acceptors (Lipinski definition) is 6. The first-order valence-corrected chi connectivity index (χ1v) is 13.0. The summed E-state index contributed by atoms with van der Waals surface area (Å²) in [6.45, 7) is 3.38. The molecule has 0 aromatic heterocycles. The van der Waals surface area contributed by atoms with Crippen molar-refractivity contribution in [2.45, 2.75) is 25.9 Å². The molecule has 0 saturated carbocycles. The third-order valence-electron chi connectivity index (χ3n) is 5.90. The van der Waals surface area contributed by atoms with E-state index in [0.29, 0.717) is 55.7 Å². The molecule has 214 valence electrons. The van der Waals surface area contributed by atoms with Gasteiger partial charge in [0.15, 0.2) is 6.10 Å². The van der Waals surface area contributed by atoms with Gasteiger partial charge in [-0.1, -0.05) is 12.1 Å². The second-order valence-electron chi connectivity index (χ2n) is 8.78. The third-order valence-corrected chi connectivity index (χ3v) is 5.90. The van der Waals surface area contributed by atoms with E-state index in [0.717, 1.165) is 5.56 Å². The fourth-order valence-corrected chi connectivity index (χ4v) is 3.80. The molecule has 0 saturated heterocycles. The number of carbonyl (C=O) groups is 2. The number of rotatable bonds is 16. The van der Waals surface area contributed by atoms with Gasteiger partial charge in [-0.3, -0.25) is 0 Å². The Kier molecular flexibility index (Phi) is 12.1. The maximum absolute atomic E-state index is 13.1. The quantitative estimate of drug-likeness (QED) is 0.233. The first-order chi connectivity index (χ1) is 19.4. The molecule has 2 amide bonds. The average Bonchev–Trinajstić information content (AvgIpc) is 2.96. The summed E-state index contributed by atoms with van der Waals surface area (Å²) in [6, 6.07) is 19.6. The third kappa shape index (κ3) is 10.1. The lowest BCUT2D eigenvalue weighted by Gasteiger charge is -2.23. The normalized spacial score (nSPS) is 11.4. The Morgan fingerprint density at radius 3 is 2.08 bits per heavy atom. The molecular weight excluding hydrogens is 519 g/mol. The molecule has 3 aromatic rings. The minimum absolute atomic E-state index is 0.241. The van der Waals surface area contributed by atoms with Crippen LogP contribution in [0.1, 0.15) is 18.9 Å². The van der Waals surface area contributed by atoms with Crippen molar-refractivity contribution in [1.29, 1.82) is 0 Å². The molecule has 0 aliphatic rings. The van der Waals surface area contributed by atoms with E-state index in [1.165, 1.54) is 12.1 Å². The van der Waals surface area contributed by atoms with Gasteiger partial charge in [0.25, 0.3) is 0 Å². The van der Waals surface area contributed by atoms with E-state index >= 15 is 0 Å². The molecule has 2 N–H and O–H groups in total. The Bertz CT molecular complexity index is 1190. The lowest BCUT2D eigenvalue weighted by Crippen LogP contribution is -2.39. The number of anilines is 1. The van der Waals surface area contributed by atoms with Crippen LogP contribution < -0.4 is 19.5 Å². The summed E-state index contributed by atoms with van der Waals surface area (Å²) < 4.78 is 35.1. The highest BCUT2D eigenvalue weighted by Crippen LogP contribution is 2.17. The Hall–Kier alpha value is -4.31. The number of ether oxygens (including phenoxy) is 4. The number of carboxylic acids is 1. The van der Waals surface area contributed by atoms with Gasteiger partial charge in [-0.05, 0) is 79.6 Å². The summed E-state index contributed by atoms with van der Waals surface area (Å²) in [7, 11) is 1.57. The molecule has 1 atom stereocenters. The first kappa shape index (κ1) is 30.2. The Labute approximate surface area is 233 Å². The van der Waals surface area contributed by atoms with Gasteiger partial charge in [-0.15, -0.1) is 0 Å². The Morgan fingerprint density at radius 2 is 1.48 bits per heavy atom. The maximum atomic E-state index is 13.1. The number of hydrogen-bond donors (Lipinski definition) is 2. The summed E-state index contributed by atoms with van der Waals surface area (Å²) in [5.74, 6) is 0.501. The second kappa shape index (κ2) is 15.9. The van der Waals surface area contributed by atoms with Crippen LogP contribution in [0.5, 0.6) is 17.2 Å². The average molecular weight is 555 g/mol. The molecule has 9 nitrogen and oxygen atoms in total. The van der Waals surface area contributed by atoms with Crippen molar-refractivity contribution in [1.82, 2.24) is 4.90 Å². The number of aliphatic carboxylic acids is 1. The number of methoxy groups -OCH3 is 1. The molecular formula is C30H35FN2O7. The number of urea groups is 1. The van der Waals surface area contributed by atoms with Gasteiger partial charge in [0.2, 0.25) is 0 Å². The summed E-state index contributed by atoms with van der Waals surface area (Å²) in [5, 5.41) is 12.2. The fraction of sp³-hybridized carbons (Fsp3) is 0.333.